The first-order chi connectivity index (χ1) is 7.47. The van der Waals surface area contributed by atoms with Crippen LogP contribution in [-0.2, 0) is 4.74 Å². The summed E-state index contributed by atoms with van der Waals surface area (Å²) in [5, 5.41) is 3.00. The van der Waals surface area contributed by atoms with Crippen LogP contribution in [0.25, 0.3) is 0 Å². The van der Waals surface area contributed by atoms with Crippen molar-refractivity contribution in [1.82, 2.24) is 15.5 Å². The van der Waals surface area contributed by atoms with Crippen molar-refractivity contribution in [3.05, 3.63) is 0 Å². The molecule has 0 saturated carbocycles. The first kappa shape index (κ1) is 13.0. The topological polar surface area (TPSA) is 53.6 Å². The molecule has 1 saturated heterocycles. The van der Waals surface area contributed by atoms with Gasteiger partial charge in [-0.05, 0) is 0 Å². The molecule has 0 atom stereocenters. The number of morpholine rings is 1. The highest BCUT2D eigenvalue weighted by atomic mass is 19.4. The maximum absolute atomic E-state index is 11.7. The molecule has 1 fully saturated rings. The Balaban J connectivity index is 2.08. The first-order valence-electron chi connectivity index (χ1n) is 4.90. The van der Waals surface area contributed by atoms with Gasteiger partial charge in [0.05, 0.1) is 13.2 Å². The lowest BCUT2D eigenvalue weighted by atomic mass is 10.4. The average Bonchev–Trinajstić information content (AvgIpc) is 2.16. The van der Waals surface area contributed by atoms with E-state index in [0.29, 0.717) is 19.8 Å². The van der Waals surface area contributed by atoms with Crippen molar-refractivity contribution in [2.45, 2.75) is 6.30 Å². The number of carbonyl (C=O) groups excluding carboxylic acids is 1. The Labute approximate surface area is 90.9 Å². The Hall–Kier alpha value is -1.02. The van der Waals surface area contributed by atoms with Gasteiger partial charge in [-0.1, -0.05) is 0 Å². The van der Waals surface area contributed by atoms with Crippen LogP contribution >= 0.6 is 0 Å². The van der Waals surface area contributed by atoms with Gasteiger partial charge in [-0.15, -0.1) is 0 Å². The molecule has 8 heteroatoms. The number of nitrogens with one attached hydrogen (secondary N) is 2. The zero-order valence-electron chi connectivity index (χ0n) is 8.64. The fourth-order valence-corrected chi connectivity index (χ4v) is 1.33. The highest BCUT2D eigenvalue weighted by molar-refractivity contribution is 5.74. The van der Waals surface area contributed by atoms with Gasteiger partial charge in [-0.25, -0.2) is 10.1 Å². The van der Waals surface area contributed by atoms with Gasteiger partial charge in [0.2, 0.25) is 0 Å². The molecule has 94 valence electrons. The summed E-state index contributed by atoms with van der Waals surface area (Å²) in [5.74, 6) is 0. The minimum absolute atomic E-state index is 0.182. The van der Waals surface area contributed by atoms with E-state index in [0.717, 1.165) is 18.4 Å². The fraction of sp³-hybridized carbons (Fsp3) is 0.875. The van der Waals surface area contributed by atoms with Crippen molar-refractivity contribution in [2.75, 3.05) is 39.4 Å². The summed E-state index contributed by atoms with van der Waals surface area (Å²) in [6.07, 6.45) is -4.68. The number of halogens is 3. The number of rotatable bonds is 3. The largest absolute Gasteiger partial charge is 0.485 e. The van der Waals surface area contributed by atoms with Crippen LogP contribution in [-0.4, -0.2) is 56.6 Å². The number of hydrogen-bond donors (Lipinski definition) is 2. The van der Waals surface area contributed by atoms with Crippen LogP contribution < -0.4 is 10.6 Å². The third kappa shape index (κ3) is 5.76. The van der Waals surface area contributed by atoms with Gasteiger partial charge in [-0.3, -0.25) is 4.90 Å². The highest BCUT2D eigenvalue weighted by Gasteiger charge is 2.29. The van der Waals surface area contributed by atoms with Gasteiger partial charge >= 0.3 is 12.3 Å². The number of hydrogen-bond acceptors (Lipinski definition) is 3. The van der Waals surface area contributed by atoms with Gasteiger partial charge in [0.1, 0.15) is 0 Å². The minimum Gasteiger partial charge on any atom is -0.379 e. The lowest BCUT2D eigenvalue weighted by Crippen LogP contribution is -2.47. The molecule has 1 aliphatic rings. The second-order valence-corrected chi connectivity index (χ2v) is 3.33. The van der Waals surface area contributed by atoms with Gasteiger partial charge in [0.15, 0.2) is 0 Å². The Morgan fingerprint density at radius 3 is 2.50 bits per heavy atom. The molecule has 5 nitrogen and oxygen atoms in total. The van der Waals surface area contributed by atoms with E-state index in [1.807, 2.05) is 4.90 Å². The van der Waals surface area contributed by atoms with Gasteiger partial charge < -0.3 is 10.1 Å². The lowest BCUT2D eigenvalue weighted by molar-refractivity contribution is -0.145. The minimum atomic E-state index is -4.68. The third-order valence-corrected chi connectivity index (χ3v) is 2.07. The quantitative estimate of drug-likeness (QED) is 0.691. The molecule has 1 heterocycles. The van der Waals surface area contributed by atoms with Crippen molar-refractivity contribution in [1.29, 1.82) is 0 Å². The molecule has 0 aliphatic carbocycles. The number of urea groups is 1. The van der Waals surface area contributed by atoms with E-state index in [1.54, 1.807) is 0 Å². The molecule has 0 radical (unpaired) electrons. The van der Waals surface area contributed by atoms with Crippen molar-refractivity contribution >= 4 is 6.03 Å². The number of alkyl halides is 3. The van der Waals surface area contributed by atoms with E-state index >= 15 is 0 Å². The number of nitrogens with zero attached hydrogens (tertiary/aromatic N) is 1. The summed E-state index contributed by atoms with van der Waals surface area (Å²) in [6.45, 7) is 3.42. The number of carbonyl (C=O) groups is 1. The molecule has 0 spiro atoms. The van der Waals surface area contributed by atoms with Gasteiger partial charge in [-0.2, -0.15) is 13.2 Å². The second-order valence-electron chi connectivity index (χ2n) is 3.33. The van der Waals surface area contributed by atoms with Crippen LogP contribution in [0.4, 0.5) is 18.0 Å². The zero-order valence-corrected chi connectivity index (χ0v) is 8.64. The van der Waals surface area contributed by atoms with E-state index in [4.69, 9.17) is 4.74 Å². The van der Waals surface area contributed by atoms with E-state index in [-0.39, 0.29) is 6.54 Å². The normalized spacial score (nSPS) is 18.2. The SMILES string of the molecule is O=C(NCCN1CCOCC1)NC(F)(F)F. The summed E-state index contributed by atoms with van der Waals surface area (Å²) < 4.78 is 40.2. The first-order valence-corrected chi connectivity index (χ1v) is 4.90. The lowest BCUT2D eigenvalue weighted by Gasteiger charge is -2.26. The summed E-state index contributed by atoms with van der Waals surface area (Å²) in [7, 11) is 0. The fourth-order valence-electron chi connectivity index (χ4n) is 1.33. The predicted molar refractivity (Wildman–Crippen MR) is 49.8 cm³/mol. The zero-order chi connectivity index (χ0) is 12.0. The van der Waals surface area contributed by atoms with Crippen LogP contribution in [0.2, 0.25) is 0 Å². The number of ether oxygens (including phenoxy) is 1. The summed E-state index contributed by atoms with van der Waals surface area (Å²) >= 11 is 0. The predicted octanol–water partition coefficient (Wildman–Crippen LogP) is 0.138. The van der Waals surface area contributed by atoms with Crippen molar-refractivity contribution < 1.29 is 22.7 Å². The molecule has 0 unspecified atom stereocenters. The standard InChI is InChI=1S/C8H14F3N3O2/c9-8(10,11)13-7(15)12-1-2-14-3-5-16-6-4-14/h1-6H2,(H2,12,13,15). The molecule has 0 aromatic heterocycles. The van der Waals surface area contributed by atoms with Gasteiger partial charge in [0.25, 0.3) is 0 Å². The Bertz CT molecular complexity index is 229. The molecule has 16 heavy (non-hydrogen) atoms. The van der Waals surface area contributed by atoms with Crippen molar-refractivity contribution in [3.8, 4) is 0 Å². The molecule has 0 bridgehead atoms. The average molecular weight is 241 g/mol. The van der Waals surface area contributed by atoms with E-state index in [2.05, 4.69) is 5.32 Å². The molecule has 1 aliphatic heterocycles. The molecule has 0 aromatic carbocycles. The molecule has 2 amide bonds. The monoisotopic (exact) mass is 241 g/mol. The number of amides is 2. The molecule has 0 aromatic rings. The van der Waals surface area contributed by atoms with E-state index < -0.39 is 12.3 Å². The smallest absolute Gasteiger partial charge is 0.379 e. The molecule has 1 rings (SSSR count). The van der Waals surface area contributed by atoms with E-state index in [9.17, 15) is 18.0 Å². The maximum atomic E-state index is 11.7. The maximum Gasteiger partial charge on any atom is 0.485 e. The second kappa shape index (κ2) is 5.90. The molecular weight excluding hydrogens is 227 g/mol. The van der Waals surface area contributed by atoms with Crippen LogP contribution in [0.1, 0.15) is 0 Å². The van der Waals surface area contributed by atoms with Crippen LogP contribution in [0, 0.1) is 0 Å². The Morgan fingerprint density at radius 2 is 1.94 bits per heavy atom. The Kier molecular flexibility index (Phi) is 4.81. The molecule has 2 N–H and O–H groups in total. The summed E-state index contributed by atoms with van der Waals surface area (Å²) in [6, 6.07) is -1.22. The summed E-state index contributed by atoms with van der Waals surface area (Å²) in [5.41, 5.74) is 0. The third-order valence-electron chi connectivity index (χ3n) is 2.07. The van der Waals surface area contributed by atoms with Crippen molar-refractivity contribution in [2.24, 2.45) is 0 Å². The van der Waals surface area contributed by atoms with Crippen molar-refractivity contribution in [3.63, 3.8) is 0 Å². The highest BCUT2D eigenvalue weighted by Crippen LogP contribution is 2.08. The van der Waals surface area contributed by atoms with Crippen LogP contribution in [0.15, 0.2) is 0 Å². The van der Waals surface area contributed by atoms with Crippen LogP contribution in [0.5, 0.6) is 0 Å². The summed E-state index contributed by atoms with van der Waals surface area (Å²) in [4.78, 5) is 12.7. The van der Waals surface area contributed by atoms with Crippen LogP contribution in [0.3, 0.4) is 0 Å². The Morgan fingerprint density at radius 1 is 1.31 bits per heavy atom. The molecular formula is C8H14F3N3O2. The van der Waals surface area contributed by atoms with Gasteiger partial charge in [0, 0.05) is 26.2 Å². The van der Waals surface area contributed by atoms with E-state index in [1.165, 1.54) is 0 Å².